The predicted octanol–water partition coefficient (Wildman–Crippen LogP) is 4.14. The molecule has 0 saturated heterocycles. The quantitative estimate of drug-likeness (QED) is 0.733. The largest absolute Gasteiger partial charge is 0.417 e. The Bertz CT molecular complexity index is 485. The first-order valence-electron chi connectivity index (χ1n) is 4.55. The second-order valence-corrected chi connectivity index (χ2v) is 4.33. The molecule has 0 aliphatic rings. The van der Waals surface area contributed by atoms with E-state index in [0.29, 0.717) is 5.69 Å². The molecule has 2 rings (SSSR count). The smallest absolute Gasteiger partial charge is 0.255 e. The molecule has 0 bridgehead atoms. The number of rotatable bonds is 1. The second-order valence-electron chi connectivity index (χ2n) is 3.42. The van der Waals surface area contributed by atoms with Crippen molar-refractivity contribution in [2.45, 2.75) is 13.1 Å². The molecule has 5 heteroatoms. The van der Waals surface area contributed by atoms with Gasteiger partial charge in [-0.2, -0.15) is 13.2 Å². The highest BCUT2D eigenvalue weighted by Gasteiger charge is 2.30. The van der Waals surface area contributed by atoms with Crippen LogP contribution in [0.15, 0.2) is 29.8 Å². The number of halogens is 3. The molecule has 0 aliphatic heterocycles. The zero-order valence-electron chi connectivity index (χ0n) is 8.38. The highest BCUT2D eigenvalue weighted by atomic mass is 32.1. The van der Waals surface area contributed by atoms with Crippen molar-refractivity contribution in [3.8, 4) is 10.6 Å². The normalized spacial score (nSPS) is 11.8. The molecule has 84 valence electrons. The minimum absolute atomic E-state index is 0.575. The Morgan fingerprint density at radius 1 is 1.25 bits per heavy atom. The van der Waals surface area contributed by atoms with E-state index in [0.717, 1.165) is 22.7 Å². The van der Waals surface area contributed by atoms with Crippen molar-refractivity contribution in [3.63, 3.8) is 0 Å². The van der Waals surface area contributed by atoms with Gasteiger partial charge in [0.25, 0.3) is 0 Å². The maximum Gasteiger partial charge on any atom is 0.417 e. The molecule has 0 amide bonds. The molecule has 0 N–H and O–H groups in total. The molecular weight excluding hydrogens is 235 g/mol. The Balaban J connectivity index is 2.33. The SMILES string of the molecule is Cc1csc(-c2ccc(C(F)(F)F)cn2)c1. The molecule has 2 heterocycles. The van der Waals surface area contributed by atoms with Crippen molar-refractivity contribution in [1.29, 1.82) is 0 Å². The summed E-state index contributed by atoms with van der Waals surface area (Å²) in [5, 5.41) is 1.94. The molecule has 0 aromatic carbocycles. The van der Waals surface area contributed by atoms with Crippen LogP contribution in [-0.2, 0) is 6.18 Å². The van der Waals surface area contributed by atoms with Gasteiger partial charge in [0, 0.05) is 6.20 Å². The molecule has 0 radical (unpaired) electrons. The van der Waals surface area contributed by atoms with Crippen molar-refractivity contribution in [2.24, 2.45) is 0 Å². The van der Waals surface area contributed by atoms with Crippen LogP contribution in [0.4, 0.5) is 13.2 Å². The zero-order valence-corrected chi connectivity index (χ0v) is 9.19. The highest BCUT2D eigenvalue weighted by molar-refractivity contribution is 7.13. The van der Waals surface area contributed by atoms with Crippen LogP contribution in [-0.4, -0.2) is 4.98 Å². The maximum atomic E-state index is 12.3. The van der Waals surface area contributed by atoms with E-state index in [4.69, 9.17) is 0 Å². The van der Waals surface area contributed by atoms with E-state index >= 15 is 0 Å². The Labute approximate surface area is 94.6 Å². The topological polar surface area (TPSA) is 12.9 Å². The number of pyridine rings is 1. The first kappa shape index (κ1) is 11.1. The minimum Gasteiger partial charge on any atom is -0.255 e. The monoisotopic (exact) mass is 243 g/mol. The van der Waals surface area contributed by atoms with Crippen molar-refractivity contribution < 1.29 is 13.2 Å². The Kier molecular flexibility index (Phi) is 2.71. The maximum absolute atomic E-state index is 12.3. The summed E-state index contributed by atoms with van der Waals surface area (Å²) in [5.74, 6) is 0. The van der Waals surface area contributed by atoms with Gasteiger partial charge in [0.05, 0.1) is 16.1 Å². The summed E-state index contributed by atoms with van der Waals surface area (Å²) in [6.45, 7) is 1.93. The van der Waals surface area contributed by atoms with Crippen LogP contribution in [0.25, 0.3) is 10.6 Å². The van der Waals surface area contributed by atoms with Crippen LogP contribution in [0.2, 0.25) is 0 Å². The lowest BCUT2D eigenvalue weighted by molar-refractivity contribution is -0.137. The predicted molar refractivity (Wildman–Crippen MR) is 57.3 cm³/mol. The summed E-state index contributed by atoms with van der Waals surface area (Å²) in [5.41, 5.74) is 0.942. The molecule has 0 aliphatic carbocycles. The first-order valence-corrected chi connectivity index (χ1v) is 5.43. The van der Waals surface area contributed by atoms with Crippen LogP contribution < -0.4 is 0 Å². The van der Waals surface area contributed by atoms with Gasteiger partial charge in [0.15, 0.2) is 0 Å². The van der Waals surface area contributed by atoms with Crippen molar-refractivity contribution in [2.75, 3.05) is 0 Å². The average Bonchev–Trinajstić information content (AvgIpc) is 2.64. The van der Waals surface area contributed by atoms with Gasteiger partial charge in [-0.05, 0) is 36.1 Å². The lowest BCUT2D eigenvalue weighted by Gasteiger charge is -2.05. The van der Waals surface area contributed by atoms with E-state index in [1.165, 1.54) is 17.4 Å². The number of nitrogens with zero attached hydrogens (tertiary/aromatic N) is 1. The fraction of sp³-hybridized carbons (Fsp3) is 0.182. The molecule has 0 spiro atoms. The van der Waals surface area contributed by atoms with E-state index in [2.05, 4.69) is 4.98 Å². The molecule has 2 aromatic heterocycles. The van der Waals surface area contributed by atoms with Gasteiger partial charge in [-0.15, -0.1) is 11.3 Å². The van der Waals surface area contributed by atoms with Crippen LogP contribution in [0.5, 0.6) is 0 Å². The zero-order chi connectivity index (χ0) is 11.8. The second kappa shape index (κ2) is 3.90. The lowest BCUT2D eigenvalue weighted by Crippen LogP contribution is -2.04. The fourth-order valence-electron chi connectivity index (χ4n) is 1.27. The van der Waals surface area contributed by atoms with Gasteiger partial charge < -0.3 is 0 Å². The van der Waals surface area contributed by atoms with Gasteiger partial charge in [0.2, 0.25) is 0 Å². The molecule has 0 unspecified atom stereocenters. The molecule has 16 heavy (non-hydrogen) atoms. The minimum atomic E-state index is -4.32. The standard InChI is InChI=1S/C11H8F3NS/c1-7-4-10(16-6-7)9-3-2-8(5-15-9)11(12,13)14/h2-6H,1H3. The first-order chi connectivity index (χ1) is 7.47. The summed E-state index contributed by atoms with van der Waals surface area (Å²) in [7, 11) is 0. The Morgan fingerprint density at radius 3 is 2.44 bits per heavy atom. The summed E-state index contributed by atoms with van der Waals surface area (Å²) in [6.07, 6.45) is -3.46. The van der Waals surface area contributed by atoms with Gasteiger partial charge in [-0.25, -0.2) is 0 Å². The van der Waals surface area contributed by atoms with E-state index < -0.39 is 11.7 Å². The van der Waals surface area contributed by atoms with E-state index in [9.17, 15) is 13.2 Å². The van der Waals surface area contributed by atoms with Gasteiger partial charge >= 0.3 is 6.18 Å². The Hall–Kier alpha value is -1.36. The lowest BCUT2D eigenvalue weighted by atomic mass is 10.2. The highest BCUT2D eigenvalue weighted by Crippen LogP contribution is 2.31. The summed E-state index contributed by atoms with van der Waals surface area (Å²) in [4.78, 5) is 4.70. The number of aromatic nitrogens is 1. The number of aryl methyl sites for hydroxylation is 1. The van der Waals surface area contributed by atoms with E-state index in [1.54, 1.807) is 0 Å². The summed E-state index contributed by atoms with van der Waals surface area (Å²) < 4.78 is 36.9. The van der Waals surface area contributed by atoms with Crippen LogP contribution in [0.3, 0.4) is 0 Å². The van der Waals surface area contributed by atoms with Crippen LogP contribution in [0.1, 0.15) is 11.1 Å². The third-order valence-electron chi connectivity index (χ3n) is 2.07. The third kappa shape index (κ3) is 2.24. The average molecular weight is 243 g/mol. The van der Waals surface area contributed by atoms with E-state index in [1.807, 2.05) is 18.4 Å². The van der Waals surface area contributed by atoms with E-state index in [-0.39, 0.29) is 0 Å². The van der Waals surface area contributed by atoms with Gasteiger partial charge in [0.1, 0.15) is 0 Å². The molecule has 0 atom stereocenters. The molecule has 0 saturated carbocycles. The van der Waals surface area contributed by atoms with Crippen molar-refractivity contribution in [3.05, 3.63) is 40.9 Å². The van der Waals surface area contributed by atoms with Crippen LogP contribution >= 0.6 is 11.3 Å². The number of alkyl halides is 3. The molecule has 2 aromatic rings. The van der Waals surface area contributed by atoms with Crippen molar-refractivity contribution >= 4 is 11.3 Å². The Morgan fingerprint density at radius 2 is 2.00 bits per heavy atom. The number of hydrogen-bond acceptors (Lipinski definition) is 2. The fourth-order valence-corrected chi connectivity index (χ4v) is 2.15. The third-order valence-corrected chi connectivity index (χ3v) is 3.14. The number of thiophene rings is 1. The molecule has 1 nitrogen and oxygen atoms in total. The number of hydrogen-bond donors (Lipinski definition) is 0. The molecular formula is C11H8F3NS. The summed E-state index contributed by atoms with van der Waals surface area (Å²) in [6, 6.07) is 4.35. The van der Waals surface area contributed by atoms with Gasteiger partial charge in [-0.1, -0.05) is 0 Å². The van der Waals surface area contributed by atoms with Crippen molar-refractivity contribution in [1.82, 2.24) is 4.98 Å². The van der Waals surface area contributed by atoms with Crippen LogP contribution in [0, 0.1) is 6.92 Å². The summed E-state index contributed by atoms with van der Waals surface area (Å²) >= 11 is 1.47. The molecule has 0 fully saturated rings. The van der Waals surface area contributed by atoms with Gasteiger partial charge in [-0.3, -0.25) is 4.98 Å².